The zero-order chi connectivity index (χ0) is 12.3. The molecule has 0 saturated heterocycles. The predicted molar refractivity (Wildman–Crippen MR) is 67.0 cm³/mol. The largest absolute Gasteiger partial charge is 0.377 e. The Morgan fingerprint density at radius 1 is 1.18 bits per heavy atom. The molecule has 0 aliphatic heterocycles. The van der Waals surface area contributed by atoms with Crippen LogP contribution >= 0.6 is 0 Å². The van der Waals surface area contributed by atoms with Crippen molar-refractivity contribution in [3.8, 4) is 0 Å². The number of benzene rings is 1. The highest BCUT2D eigenvalue weighted by atomic mass is 19.1. The molecular weight excluding hydrogens is 217 g/mol. The summed E-state index contributed by atoms with van der Waals surface area (Å²) < 4.78 is 15.4. The summed E-state index contributed by atoms with van der Waals surface area (Å²) >= 11 is 0. The number of nitrogens with two attached hydrogens (primary N) is 1. The minimum Gasteiger partial charge on any atom is -0.377 e. The summed E-state index contributed by atoms with van der Waals surface area (Å²) in [4.78, 5) is 0. The number of halogens is 1. The van der Waals surface area contributed by atoms with Gasteiger partial charge in [0.05, 0.1) is 12.2 Å². The van der Waals surface area contributed by atoms with E-state index in [0.717, 1.165) is 11.4 Å². The van der Waals surface area contributed by atoms with Crippen molar-refractivity contribution < 1.29 is 4.39 Å². The molecule has 0 aliphatic rings. The molecule has 0 spiro atoms. The fourth-order valence-electron chi connectivity index (χ4n) is 1.77. The van der Waals surface area contributed by atoms with Crippen molar-refractivity contribution in [2.45, 2.75) is 13.1 Å². The first-order valence-corrected chi connectivity index (χ1v) is 5.54. The molecule has 17 heavy (non-hydrogen) atoms. The summed E-state index contributed by atoms with van der Waals surface area (Å²) in [6.45, 7) is 1.09. The van der Waals surface area contributed by atoms with Crippen LogP contribution in [0.4, 0.5) is 10.1 Å². The van der Waals surface area contributed by atoms with Gasteiger partial charge in [-0.1, -0.05) is 12.1 Å². The van der Waals surface area contributed by atoms with Crippen LogP contribution in [0.15, 0.2) is 36.4 Å². The van der Waals surface area contributed by atoms with E-state index in [9.17, 15) is 4.39 Å². The molecule has 0 bridgehead atoms. The SMILES string of the molecule is Cn1c(CN)ccc1CNc1ccccc1F. The average Bonchev–Trinajstić information content (AvgIpc) is 2.69. The summed E-state index contributed by atoms with van der Waals surface area (Å²) in [5.41, 5.74) is 8.25. The van der Waals surface area contributed by atoms with E-state index < -0.39 is 0 Å². The molecule has 1 aromatic heterocycles. The van der Waals surface area contributed by atoms with Crippen molar-refractivity contribution in [1.29, 1.82) is 0 Å². The van der Waals surface area contributed by atoms with Crippen LogP contribution in [0.2, 0.25) is 0 Å². The first kappa shape index (κ1) is 11.7. The molecule has 1 aromatic carbocycles. The molecule has 0 radical (unpaired) electrons. The average molecular weight is 233 g/mol. The summed E-state index contributed by atoms with van der Waals surface area (Å²) in [5, 5.41) is 3.07. The van der Waals surface area contributed by atoms with Crippen molar-refractivity contribution >= 4 is 5.69 Å². The lowest BCUT2D eigenvalue weighted by Gasteiger charge is -2.09. The molecule has 2 rings (SSSR count). The molecule has 0 saturated carbocycles. The Hall–Kier alpha value is -1.81. The fourth-order valence-corrected chi connectivity index (χ4v) is 1.77. The maximum Gasteiger partial charge on any atom is 0.146 e. The number of hydrogen-bond donors (Lipinski definition) is 2. The normalized spacial score (nSPS) is 10.5. The van der Waals surface area contributed by atoms with Crippen molar-refractivity contribution in [3.63, 3.8) is 0 Å². The molecular formula is C13H16FN3. The van der Waals surface area contributed by atoms with Gasteiger partial charge in [0.2, 0.25) is 0 Å². The zero-order valence-electron chi connectivity index (χ0n) is 9.78. The molecule has 3 nitrogen and oxygen atoms in total. The Morgan fingerprint density at radius 3 is 2.53 bits per heavy atom. The maximum absolute atomic E-state index is 13.4. The minimum absolute atomic E-state index is 0.235. The van der Waals surface area contributed by atoms with Gasteiger partial charge < -0.3 is 15.6 Å². The lowest BCUT2D eigenvalue weighted by atomic mass is 10.3. The van der Waals surface area contributed by atoms with E-state index >= 15 is 0 Å². The summed E-state index contributed by atoms with van der Waals surface area (Å²) in [7, 11) is 1.96. The predicted octanol–water partition coefficient (Wildman–Crippen LogP) is 2.24. The van der Waals surface area contributed by atoms with Crippen LogP contribution in [-0.4, -0.2) is 4.57 Å². The van der Waals surface area contributed by atoms with E-state index in [-0.39, 0.29) is 5.82 Å². The number of anilines is 1. The Kier molecular flexibility index (Phi) is 3.44. The van der Waals surface area contributed by atoms with Gasteiger partial charge in [-0.15, -0.1) is 0 Å². The Bertz CT molecular complexity index is 505. The second-order valence-electron chi connectivity index (χ2n) is 3.91. The standard InChI is InChI=1S/C13H16FN3/c1-17-10(8-15)6-7-11(17)9-16-13-5-3-2-4-12(13)14/h2-7,16H,8-9,15H2,1H3. The van der Waals surface area contributed by atoms with Gasteiger partial charge in [-0.05, 0) is 24.3 Å². The molecule has 0 atom stereocenters. The third-order valence-corrected chi connectivity index (χ3v) is 2.87. The molecule has 0 fully saturated rings. The van der Waals surface area contributed by atoms with Crippen molar-refractivity contribution in [1.82, 2.24) is 4.57 Å². The minimum atomic E-state index is -0.235. The lowest BCUT2D eigenvalue weighted by molar-refractivity contribution is 0.629. The molecule has 1 heterocycles. The molecule has 90 valence electrons. The second kappa shape index (κ2) is 5.01. The van der Waals surface area contributed by atoms with E-state index in [1.807, 2.05) is 29.8 Å². The summed E-state index contributed by atoms with van der Waals surface area (Å²) in [6, 6.07) is 10.6. The number of aromatic nitrogens is 1. The Morgan fingerprint density at radius 2 is 1.88 bits per heavy atom. The summed E-state index contributed by atoms with van der Waals surface area (Å²) in [5.74, 6) is -0.235. The highest BCUT2D eigenvalue weighted by Crippen LogP contribution is 2.14. The topological polar surface area (TPSA) is 43.0 Å². The van der Waals surface area contributed by atoms with Crippen LogP contribution in [-0.2, 0) is 20.1 Å². The molecule has 0 aliphatic carbocycles. The van der Waals surface area contributed by atoms with Gasteiger partial charge in [0.25, 0.3) is 0 Å². The maximum atomic E-state index is 13.4. The number of para-hydroxylation sites is 1. The van der Waals surface area contributed by atoms with Crippen LogP contribution in [0.1, 0.15) is 11.4 Å². The molecule has 4 heteroatoms. The molecule has 0 amide bonds. The van der Waals surface area contributed by atoms with Gasteiger partial charge in [0.1, 0.15) is 5.82 Å². The van der Waals surface area contributed by atoms with E-state index in [1.165, 1.54) is 6.07 Å². The van der Waals surface area contributed by atoms with Crippen LogP contribution in [0.3, 0.4) is 0 Å². The van der Waals surface area contributed by atoms with Gasteiger partial charge in [0, 0.05) is 25.0 Å². The summed E-state index contributed by atoms with van der Waals surface area (Å²) in [6.07, 6.45) is 0. The van der Waals surface area contributed by atoms with E-state index in [4.69, 9.17) is 5.73 Å². The fraction of sp³-hybridized carbons (Fsp3) is 0.231. The lowest BCUT2D eigenvalue weighted by Crippen LogP contribution is -2.09. The van der Waals surface area contributed by atoms with Crippen molar-refractivity contribution in [2.75, 3.05) is 5.32 Å². The Balaban J connectivity index is 2.07. The first-order chi connectivity index (χ1) is 8.22. The molecule has 2 aromatic rings. The first-order valence-electron chi connectivity index (χ1n) is 5.54. The van der Waals surface area contributed by atoms with Crippen LogP contribution in [0, 0.1) is 5.82 Å². The van der Waals surface area contributed by atoms with Gasteiger partial charge in [-0.25, -0.2) is 4.39 Å². The number of rotatable bonds is 4. The second-order valence-corrected chi connectivity index (χ2v) is 3.91. The van der Waals surface area contributed by atoms with E-state index in [0.29, 0.717) is 18.8 Å². The monoisotopic (exact) mass is 233 g/mol. The van der Waals surface area contributed by atoms with Gasteiger partial charge >= 0.3 is 0 Å². The van der Waals surface area contributed by atoms with E-state index in [2.05, 4.69) is 5.32 Å². The molecule has 0 unspecified atom stereocenters. The Labute approximate surface area is 100 Å². The van der Waals surface area contributed by atoms with E-state index in [1.54, 1.807) is 12.1 Å². The zero-order valence-corrected chi connectivity index (χ0v) is 9.78. The van der Waals surface area contributed by atoms with Gasteiger partial charge in [0.15, 0.2) is 0 Å². The quantitative estimate of drug-likeness (QED) is 0.850. The third-order valence-electron chi connectivity index (χ3n) is 2.87. The number of hydrogen-bond acceptors (Lipinski definition) is 2. The van der Waals surface area contributed by atoms with Gasteiger partial charge in [-0.3, -0.25) is 0 Å². The van der Waals surface area contributed by atoms with Crippen LogP contribution in [0.25, 0.3) is 0 Å². The molecule has 3 N–H and O–H groups in total. The van der Waals surface area contributed by atoms with Crippen molar-refractivity contribution in [2.24, 2.45) is 12.8 Å². The van der Waals surface area contributed by atoms with Crippen molar-refractivity contribution in [3.05, 3.63) is 53.6 Å². The smallest absolute Gasteiger partial charge is 0.146 e. The van der Waals surface area contributed by atoms with Crippen LogP contribution < -0.4 is 11.1 Å². The highest BCUT2D eigenvalue weighted by Gasteiger charge is 2.04. The highest BCUT2D eigenvalue weighted by molar-refractivity contribution is 5.44. The van der Waals surface area contributed by atoms with Crippen LogP contribution in [0.5, 0.6) is 0 Å². The number of nitrogens with one attached hydrogen (secondary N) is 1. The van der Waals surface area contributed by atoms with Gasteiger partial charge in [-0.2, -0.15) is 0 Å². The number of nitrogens with zero attached hydrogens (tertiary/aromatic N) is 1. The third kappa shape index (κ3) is 2.47.